The molecule has 1 unspecified atom stereocenters. The van der Waals surface area contributed by atoms with Gasteiger partial charge in [0.05, 0.1) is 24.2 Å². The van der Waals surface area contributed by atoms with Gasteiger partial charge in [0.15, 0.2) is 0 Å². The van der Waals surface area contributed by atoms with Crippen molar-refractivity contribution in [3.05, 3.63) is 66.1 Å². The quantitative estimate of drug-likeness (QED) is 0.453. The zero-order chi connectivity index (χ0) is 21.9. The second kappa shape index (κ2) is 8.50. The van der Waals surface area contributed by atoms with Crippen molar-refractivity contribution in [1.82, 2.24) is 4.98 Å². The monoisotopic (exact) mass is 420 g/mol. The van der Waals surface area contributed by atoms with Crippen LogP contribution < -0.4 is 10.1 Å². The van der Waals surface area contributed by atoms with Crippen LogP contribution in [0.4, 0.5) is 23.2 Å². The van der Waals surface area contributed by atoms with Crippen LogP contribution in [0.3, 0.4) is 0 Å². The summed E-state index contributed by atoms with van der Waals surface area (Å²) < 4.78 is 60.7. The summed E-state index contributed by atoms with van der Waals surface area (Å²) in [6.45, 7) is 3.02. The molecule has 1 heterocycles. The first-order valence-electron chi connectivity index (χ1n) is 9.60. The number of nitrogens with one attached hydrogen (secondary N) is 1. The van der Waals surface area contributed by atoms with E-state index in [9.17, 15) is 17.6 Å². The average Bonchev–Trinajstić information content (AvgIpc) is 2.70. The second-order valence-electron chi connectivity index (χ2n) is 7.93. The van der Waals surface area contributed by atoms with Crippen LogP contribution in [0, 0.1) is 11.7 Å². The topological polar surface area (TPSA) is 34.1 Å². The molecule has 1 N–H and O–H groups in total. The molecule has 1 aromatic heterocycles. The van der Waals surface area contributed by atoms with Crippen LogP contribution in [-0.4, -0.2) is 24.8 Å². The van der Waals surface area contributed by atoms with Crippen LogP contribution >= 0.6 is 0 Å². The van der Waals surface area contributed by atoms with E-state index in [0.29, 0.717) is 22.5 Å². The zero-order valence-electron chi connectivity index (χ0n) is 17.1. The van der Waals surface area contributed by atoms with Crippen molar-refractivity contribution in [3.8, 4) is 5.75 Å². The third kappa shape index (κ3) is 4.83. The van der Waals surface area contributed by atoms with Gasteiger partial charge in [0.1, 0.15) is 11.6 Å². The summed E-state index contributed by atoms with van der Waals surface area (Å²) in [7, 11) is 1.42. The average molecular weight is 420 g/mol. The van der Waals surface area contributed by atoms with E-state index in [1.54, 1.807) is 38.2 Å². The molecule has 1 atom stereocenters. The maximum atomic E-state index is 13.9. The Bertz CT molecular complexity index is 1010. The number of aromatic nitrogens is 1. The Kier molecular flexibility index (Phi) is 6.19. The lowest BCUT2D eigenvalue weighted by molar-refractivity contribution is -0.175. The van der Waals surface area contributed by atoms with Crippen molar-refractivity contribution in [3.63, 3.8) is 0 Å². The molecule has 3 rings (SSSR count). The molecule has 0 saturated carbocycles. The van der Waals surface area contributed by atoms with Gasteiger partial charge in [-0.2, -0.15) is 13.2 Å². The van der Waals surface area contributed by atoms with Crippen LogP contribution in [0.25, 0.3) is 10.9 Å². The first-order valence-corrected chi connectivity index (χ1v) is 9.60. The molecule has 0 aliphatic carbocycles. The molecule has 0 bridgehead atoms. The smallest absolute Gasteiger partial charge is 0.393 e. The lowest BCUT2D eigenvalue weighted by Gasteiger charge is -2.32. The number of nitrogens with zero attached hydrogens (tertiary/aromatic N) is 1. The van der Waals surface area contributed by atoms with E-state index in [1.165, 1.54) is 25.3 Å². The Morgan fingerprint density at radius 3 is 2.50 bits per heavy atom. The molecule has 160 valence electrons. The Balaban J connectivity index is 1.85. The molecule has 0 spiro atoms. The van der Waals surface area contributed by atoms with E-state index in [4.69, 9.17) is 4.74 Å². The highest BCUT2D eigenvalue weighted by Crippen LogP contribution is 2.41. The van der Waals surface area contributed by atoms with Gasteiger partial charge in [-0.25, -0.2) is 4.39 Å². The predicted octanol–water partition coefficient (Wildman–Crippen LogP) is 6.34. The molecule has 0 saturated heterocycles. The molecule has 0 aliphatic heterocycles. The summed E-state index contributed by atoms with van der Waals surface area (Å²) >= 11 is 0. The van der Waals surface area contributed by atoms with Crippen molar-refractivity contribution >= 4 is 16.6 Å². The highest BCUT2D eigenvalue weighted by molar-refractivity contribution is 5.90. The molecule has 0 radical (unpaired) electrons. The molecular formula is C23H24F4N2O. The van der Waals surface area contributed by atoms with Gasteiger partial charge >= 0.3 is 6.18 Å². The van der Waals surface area contributed by atoms with Gasteiger partial charge < -0.3 is 10.1 Å². The molecule has 30 heavy (non-hydrogen) atoms. The molecule has 7 heteroatoms. The van der Waals surface area contributed by atoms with Crippen molar-refractivity contribution in [1.29, 1.82) is 0 Å². The highest BCUT2D eigenvalue weighted by atomic mass is 19.4. The SMILES string of the molecule is COc1ccc(F)cc1C(C)(C)CC(CNc1cccc2cccnc12)C(F)(F)F. The van der Waals surface area contributed by atoms with Crippen molar-refractivity contribution in [2.75, 3.05) is 19.0 Å². The summed E-state index contributed by atoms with van der Waals surface area (Å²) in [6, 6.07) is 12.9. The van der Waals surface area contributed by atoms with Crippen LogP contribution in [0.15, 0.2) is 54.7 Å². The molecule has 0 amide bonds. The predicted molar refractivity (Wildman–Crippen MR) is 110 cm³/mol. The number of methoxy groups -OCH3 is 1. The fourth-order valence-electron chi connectivity index (χ4n) is 3.72. The van der Waals surface area contributed by atoms with E-state index in [0.717, 1.165) is 5.39 Å². The minimum Gasteiger partial charge on any atom is -0.496 e. The first-order chi connectivity index (χ1) is 14.1. The van der Waals surface area contributed by atoms with Crippen LogP contribution in [0.1, 0.15) is 25.8 Å². The Morgan fingerprint density at radius 1 is 1.07 bits per heavy atom. The number of hydrogen-bond acceptors (Lipinski definition) is 3. The molecule has 3 nitrogen and oxygen atoms in total. The number of benzene rings is 2. The van der Waals surface area contributed by atoms with E-state index in [-0.39, 0.29) is 13.0 Å². The number of hydrogen-bond donors (Lipinski definition) is 1. The summed E-state index contributed by atoms with van der Waals surface area (Å²) in [4.78, 5) is 4.27. The third-order valence-electron chi connectivity index (χ3n) is 5.28. The number of para-hydroxylation sites is 1. The van der Waals surface area contributed by atoms with Gasteiger partial charge in [0, 0.05) is 23.7 Å². The zero-order valence-corrected chi connectivity index (χ0v) is 17.1. The van der Waals surface area contributed by atoms with Crippen molar-refractivity contribution in [2.24, 2.45) is 5.92 Å². The number of fused-ring (bicyclic) bond motifs is 1. The summed E-state index contributed by atoms with van der Waals surface area (Å²) in [5.41, 5.74) is 0.605. The molecular weight excluding hydrogens is 396 g/mol. The van der Waals surface area contributed by atoms with E-state index in [1.807, 2.05) is 12.1 Å². The Hall–Kier alpha value is -2.83. The minimum atomic E-state index is -4.43. The van der Waals surface area contributed by atoms with Crippen LogP contribution in [0.5, 0.6) is 5.75 Å². The fourth-order valence-corrected chi connectivity index (χ4v) is 3.72. The molecule has 2 aromatic carbocycles. The lowest BCUT2D eigenvalue weighted by atomic mass is 9.76. The van der Waals surface area contributed by atoms with Crippen LogP contribution in [-0.2, 0) is 5.41 Å². The first kappa shape index (κ1) is 21.9. The molecule has 0 aliphatic rings. The largest absolute Gasteiger partial charge is 0.496 e. The fraction of sp³-hybridized carbons (Fsp3) is 0.348. The highest BCUT2D eigenvalue weighted by Gasteiger charge is 2.43. The summed E-state index contributed by atoms with van der Waals surface area (Å²) in [5, 5.41) is 3.76. The number of alkyl halides is 3. The number of rotatable bonds is 7. The summed E-state index contributed by atoms with van der Waals surface area (Å²) in [6.07, 6.45) is -3.06. The second-order valence-corrected chi connectivity index (χ2v) is 7.93. The molecule has 0 fully saturated rings. The van der Waals surface area contributed by atoms with Gasteiger partial charge in [-0.15, -0.1) is 0 Å². The van der Waals surface area contributed by atoms with Crippen molar-refractivity contribution in [2.45, 2.75) is 31.9 Å². The van der Waals surface area contributed by atoms with Crippen LogP contribution in [0.2, 0.25) is 0 Å². The Morgan fingerprint density at radius 2 is 1.80 bits per heavy atom. The van der Waals surface area contributed by atoms with Gasteiger partial charge in [-0.1, -0.05) is 32.0 Å². The van der Waals surface area contributed by atoms with Gasteiger partial charge in [0.2, 0.25) is 0 Å². The maximum absolute atomic E-state index is 13.9. The standard InChI is InChI=1S/C23H24F4N2O/c1-22(2,18-12-17(24)9-10-20(18)30-3)13-16(23(25,26)27)14-29-19-8-4-6-15-7-5-11-28-21(15)19/h4-12,16,29H,13-14H2,1-3H3. The lowest BCUT2D eigenvalue weighted by Crippen LogP contribution is -2.35. The third-order valence-corrected chi connectivity index (χ3v) is 5.28. The number of anilines is 1. The van der Waals surface area contributed by atoms with E-state index >= 15 is 0 Å². The summed E-state index contributed by atoms with van der Waals surface area (Å²) in [5.74, 6) is -1.80. The number of pyridine rings is 1. The molecule has 3 aromatic rings. The van der Waals surface area contributed by atoms with E-state index < -0.39 is 23.3 Å². The normalized spacial score (nSPS) is 13.3. The number of ether oxygens (including phenoxy) is 1. The van der Waals surface area contributed by atoms with Gasteiger partial charge in [0.25, 0.3) is 0 Å². The van der Waals surface area contributed by atoms with Gasteiger partial charge in [-0.05, 0) is 42.2 Å². The Labute approximate surface area is 173 Å². The minimum absolute atomic E-state index is 0.235. The maximum Gasteiger partial charge on any atom is 0.393 e. The number of halogens is 4. The van der Waals surface area contributed by atoms with E-state index in [2.05, 4.69) is 10.3 Å². The van der Waals surface area contributed by atoms with Crippen molar-refractivity contribution < 1.29 is 22.3 Å². The van der Waals surface area contributed by atoms with Gasteiger partial charge in [-0.3, -0.25) is 4.98 Å².